The van der Waals surface area contributed by atoms with Crippen molar-refractivity contribution in [2.75, 3.05) is 18.6 Å². The molecule has 0 aromatic carbocycles. The number of alkyl halides is 2. The van der Waals surface area contributed by atoms with E-state index in [2.05, 4.69) is 25.3 Å². The van der Waals surface area contributed by atoms with Crippen molar-refractivity contribution in [1.82, 2.24) is 25.3 Å². The van der Waals surface area contributed by atoms with Crippen molar-refractivity contribution in [3.8, 4) is 17.3 Å². The second-order valence-electron chi connectivity index (χ2n) is 6.73. The lowest BCUT2D eigenvalue weighted by atomic mass is 9.91. The van der Waals surface area contributed by atoms with Gasteiger partial charge in [0.2, 0.25) is 0 Å². The van der Waals surface area contributed by atoms with Crippen LogP contribution < -0.4 is 20.7 Å². The Morgan fingerprint density at radius 2 is 1.86 bits per heavy atom. The number of halogens is 2. The first-order valence-electron chi connectivity index (χ1n) is 9.27. The van der Waals surface area contributed by atoms with Crippen molar-refractivity contribution in [2.45, 2.75) is 44.2 Å². The Morgan fingerprint density at radius 1 is 1.17 bits per heavy atom. The SMILES string of the molecule is COc1ncc(-c2cnc(N(C(=O)NCC(F)F)[C@H]3CC[C@H](N)CC3)cn2)cn1. The zero-order valence-corrected chi connectivity index (χ0v) is 16.0. The van der Waals surface area contributed by atoms with Crippen molar-refractivity contribution in [3.63, 3.8) is 0 Å². The van der Waals surface area contributed by atoms with Crippen molar-refractivity contribution in [3.05, 3.63) is 24.8 Å². The molecule has 0 spiro atoms. The maximum absolute atomic E-state index is 12.6. The third kappa shape index (κ3) is 5.31. The summed E-state index contributed by atoms with van der Waals surface area (Å²) in [7, 11) is 1.47. The minimum absolute atomic E-state index is 0.0840. The molecule has 29 heavy (non-hydrogen) atoms. The second kappa shape index (κ2) is 9.50. The molecule has 1 saturated carbocycles. The first-order valence-corrected chi connectivity index (χ1v) is 9.27. The number of methoxy groups -OCH3 is 1. The predicted octanol–water partition coefficient (Wildman–Crippen LogP) is 1.99. The van der Waals surface area contributed by atoms with E-state index in [4.69, 9.17) is 10.5 Å². The van der Waals surface area contributed by atoms with Crippen LogP contribution in [-0.2, 0) is 0 Å². The first-order chi connectivity index (χ1) is 14.0. The summed E-state index contributed by atoms with van der Waals surface area (Å²) < 4.78 is 30.0. The maximum atomic E-state index is 12.6. The van der Waals surface area contributed by atoms with Gasteiger partial charge in [-0.15, -0.1) is 0 Å². The van der Waals surface area contributed by atoms with Crippen LogP contribution in [0.25, 0.3) is 11.3 Å². The number of amides is 2. The molecule has 1 aliphatic rings. The Balaban J connectivity index is 1.81. The number of aromatic nitrogens is 4. The average Bonchev–Trinajstić information content (AvgIpc) is 2.74. The van der Waals surface area contributed by atoms with E-state index in [1.54, 1.807) is 12.4 Å². The fraction of sp³-hybridized carbons (Fsp3) is 0.500. The van der Waals surface area contributed by atoms with Gasteiger partial charge < -0.3 is 15.8 Å². The largest absolute Gasteiger partial charge is 0.467 e. The zero-order chi connectivity index (χ0) is 20.8. The molecule has 156 valence electrons. The van der Waals surface area contributed by atoms with Crippen molar-refractivity contribution in [2.24, 2.45) is 5.73 Å². The molecule has 9 nitrogen and oxygen atoms in total. The first kappa shape index (κ1) is 20.8. The fourth-order valence-electron chi connectivity index (χ4n) is 3.21. The number of ether oxygens (including phenoxy) is 1. The van der Waals surface area contributed by atoms with Gasteiger partial charge in [0.05, 0.1) is 31.7 Å². The molecule has 11 heteroatoms. The highest BCUT2D eigenvalue weighted by Gasteiger charge is 2.30. The predicted molar refractivity (Wildman–Crippen MR) is 102 cm³/mol. The van der Waals surface area contributed by atoms with E-state index >= 15 is 0 Å². The molecule has 3 N–H and O–H groups in total. The van der Waals surface area contributed by atoms with Gasteiger partial charge in [0.15, 0.2) is 5.82 Å². The molecule has 0 atom stereocenters. The van der Waals surface area contributed by atoms with E-state index in [0.717, 1.165) is 12.8 Å². The van der Waals surface area contributed by atoms with Gasteiger partial charge in [0.1, 0.15) is 0 Å². The van der Waals surface area contributed by atoms with Crippen LogP contribution in [0, 0.1) is 0 Å². The van der Waals surface area contributed by atoms with E-state index < -0.39 is 19.0 Å². The molecule has 1 aliphatic carbocycles. The summed E-state index contributed by atoms with van der Waals surface area (Å²) in [5.74, 6) is 0.287. The average molecular weight is 407 g/mol. The van der Waals surface area contributed by atoms with E-state index in [1.807, 2.05) is 0 Å². The van der Waals surface area contributed by atoms with Crippen LogP contribution >= 0.6 is 0 Å². The van der Waals surface area contributed by atoms with Gasteiger partial charge in [0, 0.05) is 30.0 Å². The smallest absolute Gasteiger partial charge is 0.323 e. The van der Waals surface area contributed by atoms with Crippen molar-refractivity contribution >= 4 is 11.8 Å². The highest BCUT2D eigenvalue weighted by Crippen LogP contribution is 2.26. The summed E-state index contributed by atoms with van der Waals surface area (Å²) >= 11 is 0. The summed E-state index contributed by atoms with van der Waals surface area (Å²) in [6.45, 7) is -0.726. The van der Waals surface area contributed by atoms with Crippen molar-refractivity contribution in [1.29, 1.82) is 0 Å². The van der Waals surface area contributed by atoms with Gasteiger partial charge in [-0.2, -0.15) is 0 Å². The highest BCUT2D eigenvalue weighted by molar-refractivity contribution is 5.91. The number of carbonyl (C=O) groups excluding carboxylic acids is 1. The molecule has 2 amide bonds. The van der Waals surface area contributed by atoms with E-state index in [9.17, 15) is 13.6 Å². The normalized spacial score (nSPS) is 19.1. The quantitative estimate of drug-likeness (QED) is 0.751. The van der Waals surface area contributed by atoms with Gasteiger partial charge in [0.25, 0.3) is 6.43 Å². The van der Waals surface area contributed by atoms with E-state index in [0.29, 0.717) is 24.1 Å². The van der Waals surface area contributed by atoms with Crippen LogP contribution in [0.1, 0.15) is 25.7 Å². The monoisotopic (exact) mass is 407 g/mol. The van der Waals surface area contributed by atoms with Crippen LogP contribution in [-0.4, -0.2) is 58.1 Å². The lowest BCUT2D eigenvalue weighted by Gasteiger charge is -2.35. The standard InChI is InChI=1S/C18H23F2N7O2/c1-29-17-24-6-11(7-25-17)14-8-23-16(10-22-14)27(18(28)26-9-15(19)20)13-4-2-12(21)3-5-13/h6-8,10,12-13,15H,2-5,9,21H2,1H3,(H,26,28)/t12-,13-. The van der Waals surface area contributed by atoms with Gasteiger partial charge in [-0.05, 0) is 25.7 Å². The molecule has 0 bridgehead atoms. The third-order valence-electron chi connectivity index (χ3n) is 4.72. The van der Waals surface area contributed by atoms with Crippen LogP contribution in [0.4, 0.5) is 19.4 Å². The summed E-state index contributed by atoms with van der Waals surface area (Å²) in [6, 6.07) is -0.492. The second-order valence-corrected chi connectivity index (χ2v) is 6.73. The Kier molecular flexibility index (Phi) is 6.81. The van der Waals surface area contributed by atoms with Crippen molar-refractivity contribution < 1.29 is 18.3 Å². The maximum Gasteiger partial charge on any atom is 0.323 e. The Bertz CT molecular complexity index is 797. The van der Waals surface area contributed by atoms with Crippen LogP contribution in [0.2, 0.25) is 0 Å². The molecule has 2 heterocycles. The Morgan fingerprint density at radius 3 is 2.41 bits per heavy atom. The molecular weight excluding hydrogens is 384 g/mol. The molecule has 3 rings (SSSR count). The van der Waals surface area contributed by atoms with Crippen LogP contribution in [0.15, 0.2) is 24.8 Å². The van der Waals surface area contributed by atoms with Gasteiger partial charge in [-0.1, -0.05) is 0 Å². The van der Waals surface area contributed by atoms with Crippen LogP contribution in [0.5, 0.6) is 6.01 Å². The Hall–Kier alpha value is -2.95. The molecule has 2 aromatic rings. The fourth-order valence-corrected chi connectivity index (χ4v) is 3.21. The number of urea groups is 1. The molecule has 0 unspecified atom stereocenters. The number of nitrogens with one attached hydrogen (secondary N) is 1. The Labute approximate surface area is 166 Å². The molecule has 2 aromatic heterocycles. The van der Waals surface area contributed by atoms with E-state index in [1.165, 1.54) is 24.4 Å². The highest BCUT2D eigenvalue weighted by atomic mass is 19.3. The number of anilines is 1. The number of carbonyl (C=O) groups is 1. The minimum Gasteiger partial charge on any atom is -0.467 e. The van der Waals surface area contributed by atoms with Gasteiger partial charge >= 0.3 is 12.0 Å². The lowest BCUT2D eigenvalue weighted by molar-refractivity contribution is 0.146. The number of rotatable bonds is 6. The number of hydrogen-bond acceptors (Lipinski definition) is 7. The summed E-state index contributed by atoms with van der Waals surface area (Å²) in [6.07, 6.45) is 6.21. The summed E-state index contributed by atoms with van der Waals surface area (Å²) in [4.78, 5) is 30.7. The molecule has 0 saturated heterocycles. The van der Waals surface area contributed by atoms with Gasteiger partial charge in [-0.25, -0.2) is 28.5 Å². The van der Waals surface area contributed by atoms with Gasteiger partial charge in [-0.3, -0.25) is 9.88 Å². The zero-order valence-electron chi connectivity index (χ0n) is 16.0. The molecule has 0 aliphatic heterocycles. The summed E-state index contributed by atoms with van der Waals surface area (Å²) in [5.41, 5.74) is 7.08. The third-order valence-corrected chi connectivity index (χ3v) is 4.72. The van der Waals surface area contributed by atoms with Crippen LogP contribution in [0.3, 0.4) is 0 Å². The summed E-state index contributed by atoms with van der Waals surface area (Å²) in [5, 5.41) is 2.25. The number of nitrogens with zero attached hydrogens (tertiary/aromatic N) is 5. The molecule has 1 fully saturated rings. The minimum atomic E-state index is -2.64. The molecule has 0 radical (unpaired) electrons. The molecular formula is C18H23F2N7O2. The van der Waals surface area contributed by atoms with E-state index in [-0.39, 0.29) is 23.9 Å². The lowest BCUT2D eigenvalue weighted by Crippen LogP contribution is -2.50. The number of nitrogens with two attached hydrogens (primary N) is 1. The topological polar surface area (TPSA) is 119 Å². The number of hydrogen-bond donors (Lipinski definition) is 2.